The molecule has 0 radical (unpaired) electrons. The van der Waals surface area contributed by atoms with E-state index in [1.54, 1.807) is 26.2 Å². The van der Waals surface area contributed by atoms with Gasteiger partial charge in [-0.3, -0.25) is 4.79 Å². The zero-order valence-corrected chi connectivity index (χ0v) is 17.3. The summed E-state index contributed by atoms with van der Waals surface area (Å²) in [7, 11) is 5.08. The van der Waals surface area contributed by atoms with Gasteiger partial charge in [-0.1, -0.05) is 18.2 Å². The van der Waals surface area contributed by atoms with E-state index in [9.17, 15) is 4.79 Å². The number of methoxy groups -OCH3 is 2. The van der Waals surface area contributed by atoms with Gasteiger partial charge in [0, 0.05) is 19.2 Å². The third-order valence-corrected chi connectivity index (χ3v) is 4.88. The summed E-state index contributed by atoms with van der Waals surface area (Å²) in [5.41, 5.74) is 2.58. The molecule has 1 aromatic heterocycles. The summed E-state index contributed by atoms with van der Waals surface area (Å²) in [5, 5.41) is 0. The standard InChI is InChI=1S/C23H26N2O4/c1-16-20(24-23(29-16)18-9-11-19(27-3)12-10-18)15-22(26)25(2)14-13-17-7-5-6-8-21(17)28-4/h5-12H,13-15H2,1-4H3. The van der Waals surface area contributed by atoms with Gasteiger partial charge < -0.3 is 18.8 Å². The molecule has 6 nitrogen and oxygen atoms in total. The lowest BCUT2D eigenvalue weighted by Gasteiger charge is -2.17. The molecule has 152 valence electrons. The monoisotopic (exact) mass is 394 g/mol. The number of aryl methyl sites for hydroxylation is 1. The van der Waals surface area contributed by atoms with Gasteiger partial charge >= 0.3 is 0 Å². The molecule has 0 unspecified atom stereocenters. The van der Waals surface area contributed by atoms with Crippen LogP contribution < -0.4 is 9.47 Å². The minimum Gasteiger partial charge on any atom is -0.497 e. The van der Waals surface area contributed by atoms with Gasteiger partial charge in [0.15, 0.2) is 0 Å². The fourth-order valence-electron chi connectivity index (χ4n) is 3.05. The van der Waals surface area contributed by atoms with Crippen molar-refractivity contribution in [3.05, 3.63) is 65.5 Å². The van der Waals surface area contributed by atoms with Gasteiger partial charge in [-0.2, -0.15) is 0 Å². The molecular weight excluding hydrogens is 368 g/mol. The molecule has 0 aliphatic carbocycles. The van der Waals surface area contributed by atoms with Crippen LogP contribution >= 0.6 is 0 Å². The number of carbonyl (C=O) groups is 1. The van der Waals surface area contributed by atoms with E-state index in [2.05, 4.69) is 4.98 Å². The molecule has 3 aromatic rings. The fraction of sp³-hybridized carbons (Fsp3) is 0.304. The van der Waals surface area contributed by atoms with Crippen molar-refractivity contribution >= 4 is 5.91 Å². The lowest BCUT2D eigenvalue weighted by Crippen LogP contribution is -2.30. The first-order valence-electron chi connectivity index (χ1n) is 9.48. The summed E-state index contributed by atoms with van der Waals surface area (Å²) < 4.78 is 16.3. The quantitative estimate of drug-likeness (QED) is 0.580. The molecule has 0 saturated carbocycles. The molecular formula is C23H26N2O4. The van der Waals surface area contributed by atoms with E-state index in [0.29, 0.717) is 23.9 Å². The highest BCUT2D eigenvalue weighted by atomic mass is 16.5. The number of amides is 1. The molecule has 0 saturated heterocycles. The van der Waals surface area contributed by atoms with Crippen LogP contribution in [0.2, 0.25) is 0 Å². The van der Waals surface area contributed by atoms with E-state index in [0.717, 1.165) is 29.0 Å². The number of oxazole rings is 1. The maximum atomic E-state index is 12.7. The number of likely N-dealkylation sites (N-methyl/N-ethyl adjacent to an activating group) is 1. The highest BCUT2D eigenvalue weighted by Gasteiger charge is 2.17. The van der Waals surface area contributed by atoms with Crippen molar-refractivity contribution in [3.8, 4) is 23.0 Å². The van der Waals surface area contributed by atoms with E-state index in [1.165, 1.54) is 0 Å². The number of carbonyl (C=O) groups excluding carboxylic acids is 1. The molecule has 0 aliphatic rings. The summed E-state index contributed by atoms with van der Waals surface area (Å²) in [6.07, 6.45) is 0.926. The Hall–Kier alpha value is -3.28. The Bertz CT molecular complexity index is 963. The van der Waals surface area contributed by atoms with E-state index < -0.39 is 0 Å². The predicted octanol–water partition coefficient (Wildman–Crippen LogP) is 3.91. The number of aromatic nitrogens is 1. The SMILES string of the molecule is COc1ccc(-c2nc(CC(=O)N(C)CCc3ccccc3OC)c(C)o2)cc1. The van der Waals surface area contributed by atoms with Gasteiger partial charge in [-0.15, -0.1) is 0 Å². The van der Waals surface area contributed by atoms with Crippen molar-refractivity contribution < 1.29 is 18.7 Å². The first-order valence-corrected chi connectivity index (χ1v) is 9.48. The zero-order chi connectivity index (χ0) is 20.8. The van der Waals surface area contributed by atoms with Crippen molar-refractivity contribution in [2.75, 3.05) is 27.8 Å². The highest BCUT2D eigenvalue weighted by molar-refractivity contribution is 5.78. The Morgan fingerprint density at radius 1 is 1.07 bits per heavy atom. The summed E-state index contributed by atoms with van der Waals surface area (Å²) in [6, 6.07) is 15.3. The first-order chi connectivity index (χ1) is 14.0. The van der Waals surface area contributed by atoms with E-state index in [1.807, 2.05) is 55.5 Å². The molecule has 0 spiro atoms. The minimum atomic E-state index is -0.00224. The third-order valence-electron chi connectivity index (χ3n) is 4.88. The van der Waals surface area contributed by atoms with Crippen molar-refractivity contribution in [2.24, 2.45) is 0 Å². The van der Waals surface area contributed by atoms with E-state index in [4.69, 9.17) is 13.9 Å². The molecule has 29 heavy (non-hydrogen) atoms. The molecule has 2 aromatic carbocycles. The van der Waals surface area contributed by atoms with Gasteiger partial charge in [0.2, 0.25) is 11.8 Å². The second kappa shape index (κ2) is 9.28. The molecule has 0 fully saturated rings. The lowest BCUT2D eigenvalue weighted by molar-refractivity contribution is -0.129. The molecule has 0 aliphatic heterocycles. The van der Waals surface area contributed by atoms with Crippen LogP contribution in [-0.4, -0.2) is 43.6 Å². The highest BCUT2D eigenvalue weighted by Crippen LogP contribution is 2.24. The van der Waals surface area contributed by atoms with Crippen LogP contribution in [0, 0.1) is 6.92 Å². The van der Waals surface area contributed by atoms with Crippen LogP contribution in [0.25, 0.3) is 11.5 Å². The Morgan fingerprint density at radius 3 is 2.48 bits per heavy atom. The molecule has 6 heteroatoms. The maximum Gasteiger partial charge on any atom is 0.228 e. The average molecular weight is 394 g/mol. The molecule has 0 atom stereocenters. The van der Waals surface area contributed by atoms with Crippen molar-refractivity contribution in [3.63, 3.8) is 0 Å². The van der Waals surface area contributed by atoms with Crippen molar-refractivity contribution in [2.45, 2.75) is 19.8 Å². The van der Waals surface area contributed by atoms with Gasteiger partial charge in [-0.05, 0) is 49.2 Å². The average Bonchev–Trinajstić information content (AvgIpc) is 3.12. The Labute approximate surface area is 171 Å². The number of hydrogen-bond acceptors (Lipinski definition) is 5. The van der Waals surface area contributed by atoms with Gasteiger partial charge in [0.1, 0.15) is 17.3 Å². The molecule has 0 bridgehead atoms. The number of para-hydroxylation sites is 1. The molecule has 3 rings (SSSR count). The first kappa shape index (κ1) is 20.5. The maximum absolute atomic E-state index is 12.7. The van der Waals surface area contributed by atoms with E-state index in [-0.39, 0.29) is 12.3 Å². The van der Waals surface area contributed by atoms with Crippen LogP contribution in [0.4, 0.5) is 0 Å². The fourth-order valence-corrected chi connectivity index (χ4v) is 3.05. The number of hydrogen-bond donors (Lipinski definition) is 0. The van der Waals surface area contributed by atoms with Crippen LogP contribution in [0.5, 0.6) is 11.5 Å². The minimum absolute atomic E-state index is 0.00224. The summed E-state index contributed by atoms with van der Waals surface area (Å²) in [5.74, 6) is 2.76. The Balaban J connectivity index is 1.63. The van der Waals surface area contributed by atoms with Gasteiger partial charge in [-0.25, -0.2) is 4.98 Å². The smallest absolute Gasteiger partial charge is 0.228 e. The van der Waals surface area contributed by atoms with Gasteiger partial charge in [0.25, 0.3) is 0 Å². The molecule has 1 amide bonds. The normalized spacial score (nSPS) is 10.6. The number of ether oxygens (including phenoxy) is 2. The van der Waals surface area contributed by atoms with Gasteiger partial charge in [0.05, 0.1) is 26.3 Å². The molecule has 1 heterocycles. The molecule has 0 N–H and O–H groups in total. The van der Waals surface area contributed by atoms with Crippen LogP contribution in [0.3, 0.4) is 0 Å². The largest absolute Gasteiger partial charge is 0.497 e. The number of benzene rings is 2. The second-order valence-electron chi connectivity index (χ2n) is 6.80. The van der Waals surface area contributed by atoms with Crippen LogP contribution in [-0.2, 0) is 17.6 Å². The second-order valence-corrected chi connectivity index (χ2v) is 6.80. The van der Waals surface area contributed by atoms with Crippen LogP contribution in [0.15, 0.2) is 52.9 Å². The predicted molar refractivity (Wildman–Crippen MR) is 111 cm³/mol. The number of nitrogens with zero attached hydrogens (tertiary/aromatic N) is 2. The zero-order valence-electron chi connectivity index (χ0n) is 17.3. The van der Waals surface area contributed by atoms with Crippen molar-refractivity contribution in [1.29, 1.82) is 0 Å². The summed E-state index contributed by atoms with van der Waals surface area (Å²) in [4.78, 5) is 18.9. The van der Waals surface area contributed by atoms with E-state index >= 15 is 0 Å². The lowest BCUT2D eigenvalue weighted by atomic mass is 10.1. The summed E-state index contributed by atoms with van der Waals surface area (Å²) in [6.45, 7) is 2.43. The number of rotatable bonds is 8. The topological polar surface area (TPSA) is 64.8 Å². The van der Waals surface area contributed by atoms with Crippen LogP contribution in [0.1, 0.15) is 17.0 Å². The summed E-state index contributed by atoms with van der Waals surface area (Å²) >= 11 is 0. The third kappa shape index (κ3) is 4.96. The Morgan fingerprint density at radius 2 is 1.79 bits per heavy atom. The van der Waals surface area contributed by atoms with Crippen molar-refractivity contribution in [1.82, 2.24) is 9.88 Å². The Kier molecular flexibility index (Phi) is 6.54.